The maximum absolute atomic E-state index is 6.51. The largest absolute Gasteiger partial charge is 0.456 e. The van der Waals surface area contributed by atoms with E-state index in [1.165, 1.54) is 225 Å². The first-order chi connectivity index (χ1) is 52.1. The summed E-state index contributed by atoms with van der Waals surface area (Å²) in [5.41, 5.74) is 37.8. The third-order valence-electron chi connectivity index (χ3n) is 26.7. The van der Waals surface area contributed by atoms with Crippen molar-refractivity contribution in [3.8, 4) is 44.5 Å². The van der Waals surface area contributed by atoms with Crippen LogP contribution in [0, 0.1) is 0 Å². The van der Waals surface area contributed by atoms with Crippen LogP contribution in [0.4, 0.5) is 0 Å². The van der Waals surface area contributed by atoms with Gasteiger partial charge in [-0.2, -0.15) is 0 Å². The van der Waals surface area contributed by atoms with Gasteiger partial charge in [0.1, 0.15) is 22.3 Å². The molecule has 5 heteroatoms. The molecule has 4 aliphatic rings. The Hall–Kier alpha value is -12.7. The van der Waals surface area contributed by atoms with Crippen LogP contribution < -0.4 is 0 Å². The summed E-state index contributed by atoms with van der Waals surface area (Å²) in [6, 6.07) is 101. The van der Waals surface area contributed by atoms with E-state index in [0.717, 1.165) is 22.3 Å². The Morgan fingerprint density at radius 2 is 0.579 bits per heavy atom. The average Bonchev–Trinajstić information content (AvgIpc) is 1.50. The van der Waals surface area contributed by atoms with Gasteiger partial charge < -0.3 is 22.0 Å². The van der Waals surface area contributed by atoms with Crippen LogP contribution in [-0.2, 0) is 21.7 Å². The summed E-state index contributed by atoms with van der Waals surface area (Å²) in [5.74, 6) is 0. The molecule has 0 fully saturated rings. The van der Waals surface area contributed by atoms with E-state index in [0.29, 0.717) is 0 Å². The van der Waals surface area contributed by atoms with Crippen molar-refractivity contribution in [1.82, 2.24) is 13.2 Å². The fourth-order valence-corrected chi connectivity index (χ4v) is 21.9. The predicted octanol–water partition coefficient (Wildman–Crippen LogP) is 27.5. The van der Waals surface area contributed by atoms with Crippen LogP contribution in [0.1, 0.15) is 99.9 Å². The first-order valence-electron chi connectivity index (χ1n) is 38.0. The molecule has 15 aromatic carbocycles. The second-order valence-electron chi connectivity index (χ2n) is 33.3. The molecule has 8 heterocycles. The van der Waals surface area contributed by atoms with Crippen molar-refractivity contribution in [2.45, 2.75) is 77.0 Å². The molecule has 4 aliphatic carbocycles. The molecule has 27 rings (SSSR count). The molecule has 0 atom stereocenters. The number of hydrogen-bond acceptors (Lipinski definition) is 2. The lowest BCUT2D eigenvalue weighted by Gasteiger charge is -2.23. The third-order valence-corrected chi connectivity index (χ3v) is 26.7. The van der Waals surface area contributed by atoms with Gasteiger partial charge in [0.05, 0.1) is 55.0 Å². The first-order valence-corrected chi connectivity index (χ1v) is 38.0. The standard InChI is InChI=1S/C36H27N.2C33H21NO/c1-35(2)27-14-8-5-11-20(27)23-19-31-26(18-29(23)35)32-33-24(21-12-6-9-15-28(21)36(33,3)4)17-25-22-13-7-10-16-30(22)37(31)34(25)32;1-33(2)25-12-6-3-9-18(25)21-17-28-22(16-26(21)33)23-15-24-19-10-5-8-14-29(19)35-32(24)30-20-11-4-7-13-27(20)34(28)31(23)30;1-33(2)24-12-6-3-9-18(24)21-16-27-22(15-25(21)33)23-17-29-30(20-11-5-8-14-28(20)35-29)31-19-10-4-7-13-26(19)34(27)32(23)31/h5-19H,1-4H3;2*3-17H,1-2H3. The van der Waals surface area contributed by atoms with Crippen LogP contribution in [0.5, 0.6) is 0 Å². The normalized spacial score (nSPS) is 15.4. The molecule has 0 N–H and O–H groups in total. The zero-order valence-electron chi connectivity index (χ0n) is 60.6. The lowest BCUT2D eigenvalue weighted by atomic mass is 9.79. The topological polar surface area (TPSA) is 39.5 Å². The van der Waals surface area contributed by atoms with Crippen molar-refractivity contribution < 1.29 is 8.83 Å². The summed E-state index contributed by atoms with van der Waals surface area (Å²) in [5, 5.41) is 20.6. The van der Waals surface area contributed by atoms with Gasteiger partial charge >= 0.3 is 0 Å². The lowest BCUT2D eigenvalue weighted by molar-refractivity contribution is 0.661. The zero-order chi connectivity index (χ0) is 70.9. The highest BCUT2D eigenvalue weighted by atomic mass is 16.3. The molecule has 23 aromatic rings. The van der Waals surface area contributed by atoms with Crippen LogP contribution in [-0.4, -0.2) is 13.2 Å². The number of nitrogens with zero attached hydrogens (tertiary/aromatic N) is 3. The van der Waals surface area contributed by atoms with E-state index in [1.54, 1.807) is 0 Å². The van der Waals surface area contributed by atoms with Gasteiger partial charge in [-0.15, -0.1) is 0 Å². The van der Waals surface area contributed by atoms with Crippen molar-refractivity contribution >= 4 is 158 Å². The highest BCUT2D eigenvalue weighted by Crippen LogP contribution is 2.60. The molecule has 107 heavy (non-hydrogen) atoms. The second kappa shape index (κ2) is 19.4. The van der Waals surface area contributed by atoms with E-state index in [-0.39, 0.29) is 21.7 Å². The Morgan fingerprint density at radius 3 is 1.12 bits per heavy atom. The number of furan rings is 2. The lowest BCUT2D eigenvalue weighted by Crippen LogP contribution is -2.15. The maximum Gasteiger partial charge on any atom is 0.145 e. The number of benzene rings is 15. The Bertz CT molecular complexity index is 7980. The SMILES string of the molecule is CC1(C)c2ccccc2-c2cc3c(cc21)c1c2c(cc4c5ccccc5n3c41)-c1ccccc1C2(C)C.CC1(C)c2ccccc2-c2cc3c(cc21)c1cc2c4ccccc4oc2c2c4ccccc4n3c12.CC1(C)c2ccccc2-c2cc3c(cc21)c1cc2oc4ccccc4c2c2c4ccccc4n3c12. The molecule has 0 amide bonds. The van der Waals surface area contributed by atoms with Gasteiger partial charge in [0, 0.05) is 102 Å². The van der Waals surface area contributed by atoms with E-state index in [2.05, 4.69) is 342 Å². The third kappa shape index (κ3) is 6.96. The van der Waals surface area contributed by atoms with Crippen LogP contribution >= 0.6 is 0 Å². The Labute approximate surface area is 615 Å². The highest BCUT2D eigenvalue weighted by Gasteiger charge is 2.43. The van der Waals surface area contributed by atoms with Crippen LogP contribution in [0.15, 0.2) is 282 Å². The summed E-state index contributed by atoms with van der Waals surface area (Å²) < 4.78 is 20.5. The van der Waals surface area contributed by atoms with Crippen molar-refractivity contribution in [3.63, 3.8) is 0 Å². The van der Waals surface area contributed by atoms with Gasteiger partial charge in [-0.1, -0.05) is 243 Å². The summed E-state index contributed by atoms with van der Waals surface area (Å²) >= 11 is 0. The molecule has 0 spiro atoms. The number of fused-ring (bicyclic) bond motifs is 39. The van der Waals surface area contributed by atoms with E-state index in [1.807, 2.05) is 0 Å². The predicted molar refractivity (Wildman–Crippen MR) is 448 cm³/mol. The summed E-state index contributed by atoms with van der Waals surface area (Å²) in [4.78, 5) is 0. The fraction of sp³-hybridized carbons (Fsp3) is 0.118. The Morgan fingerprint density at radius 1 is 0.206 bits per heavy atom. The van der Waals surface area contributed by atoms with Crippen molar-refractivity contribution in [2.75, 3.05) is 0 Å². The van der Waals surface area contributed by atoms with Gasteiger partial charge in [-0.05, 0) is 174 Å². The van der Waals surface area contributed by atoms with Crippen LogP contribution in [0.3, 0.4) is 0 Å². The summed E-state index contributed by atoms with van der Waals surface area (Å²) in [6.07, 6.45) is 0. The minimum atomic E-state index is -0.0597. The van der Waals surface area contributed by atoms with Crippen molar-refractivity contribution in [2.24, 2.45) is 0 Å². The molecule has 0 saturated carbocycles. The molecular weight excluding hydrogens is 1300 g/mol. The Kier molecular flexibility index (Phi) is 10.6. The van der Waals surface area contributed by atoms with E-state index >= 15 is 0 Å². The molecule has 5 nitrogen and oxygen atoms in total. The number of hydrogen-bond donors (Lipinski definition) is 0. The molecule has 0 aliphatic heterocycles. The monoisotopic (exact) mass is 1370 g/mol. The van der Waals surface area contributed by atoms with E-state index < -0.39 is 0 Å². The van der Waals surface area contributed by atoms with Crippen molar-refractivity contribution in [3.05, 3.63) is 317 Å². The summed E-state index contributed by atoms with van der Waals surface area (Å²) in [7, 11) is 0. The van der Waals surface area contributed by atoms with Crippen LogP contribution in [0.2, 0.25) is 0 Å². The molecule has 0 bridgehead atoms. The Balaban J connectivity index is 0.0000000926. The van der Waals surface area contributed by atoms with E-state index in [9.17, 15) is 0 Å². The fourth-order valence-electron chi connectivity index (χ4n) is 21.9. The molecule has 0 unspecified atom stereocenters. The average molecular weight is 1370 g/mol. The van der Waals surface area contributed by atoms with Gasteiger partial charge in [0.2, 0.25) is 0 Å². The molecule has 0 radical (unpaired) electrons. The molecule has 0 saturated heterocycles. The quantitative estimate of drug-likeness (QED) is 0.152. The maximum atomic E-state index is 6.51. The van der Waals surface area contributed by atoms with E-state index in [4.69, 9.17) is 8.83 Å². The zero-order valence-corrected chi connectivity index (χ0v) is 60.6. The second-order valence-corrected chi connectivity index (χ2v) is 33.3. The minimum Gasteiger partial charge on any atom is -0.456 e. The van der Waals surface area contributed by atoms with Gasteiger partial charge in [-0.3, -0.25) is 0 Å². The molecule has 8 aromatic heterocycles. The van der Waals surface area contributed by atoms with Gasteiger partial charge in [0.25, 0.3) is 0 Å². The number of para-hydroxylation sites is 5. The highest BCUT2D eigenvalue weighted by molar-refractivity contribution is 6.36. The molecule has 504 valence electrons. The minimum absolute atomic E-state index is 0.0180. The smallest absolute Gasteiger partial charge is 0.145 e. The number of aromatic nitrogens is 3. The molecular formula is C102H69N3O2. The van der Waals surface area contributed by atoms with Crippen molar-refractivity contribution in [1.29, 1.82) is 0 Å². The number of rotatable bonds is 0. The first kappa shape index (κ1) is 58.7. The van der Waals surface area contributed by atoms with Crippen LogP contribution in [0.25, 0.3) is 203 Å². The van der Waals surface area contributed by atoms with Gasteiger partial charge in [-0.25, -0.2) is 0 Å². The summed E-state index contributed by atoms with van der Waals surface area (Å²) in [6.45, 7) is 19.0. The van der Waals surface area contributed by atoms with Gasteiger partial charge in [0.15, 0.2) is 0 Å².